The molecule has 3 heterocycles. The molecule has 2 unspecified atom stereocenters. The SMILES string of the molecule is O=C(NC1CCCC2(CCN(c3ccc(F)cn3)C2=O)C1)c1ccccn1. The maximum Gasteiger partial charge on any atom is 0.270 e. The molecule has 140 valence electrons. The van der Waals surface area contributed by atoms with Crippen molar-refractivity contribution in [1.82, 2.24) is 15.3 Å². The molecule has 27 heavy (non-hydrogen) atoms. The number of hydrogen-bond acceptors (Lipinski definition) is 4. The average molecular weight is 368 g/mol. The molecule has 1 saturated heterocycles. The van der Waals surface area contributed by atoms with E-state index in [1.807, 2.05) is 0 Å². The predicted octanol–water partition coefficient (Wildman–Crippen LogP) is 2.71. The van der Waals surface area contributed by atoms with E-state index in [0.717, 1.165) is 31.9 Å². The molecule has 2 amide bonds. The minimum absolute atomic E-state index is 0.0263. The molecule has 2 aliphatic rings. The largest absolute Gasteiger partial charge is 0.348 e. The second-order valence-corrected chi connectivity index (χ2v) is 7.30. The molecule has 2 aromatic rings. The minimum atomic E-state index is -0.476. The van der Waals surface area contributed by atoms with Crippen LogP contribution in [0.5, 0.6) is 0 Å². The predicted molar refractivity (Wildman–Crippen MR) is 97.6 cm³/mol. The Labute approximate surface area is 156 Å². The molecule has 0 aromatic carbocycles. The van der Waals surface area contributed by atoms with Crippen LogP contribution in [0.3, 0.4) is 0 Å². The van der Waals surface area contributed by atoms with Crippen LogP contribution in [0.2, 0.25) is 0 Å². The highest BCUT2D eigenvalue weighted by Gasteiger charge is 2.50. The van der Waals surface area contributed by atoms with Gasteiger partial charge in [-0.05, 0) is 49.9 Å². The molecule has 2 aromatic heterocycles. The zero-order chi connectivity index (χ0) is 18.9. The second-order valence-electron chi connectivity index (χ2n) is 7.30. The summed E-state index contributed by atoms with van der Waals surface area (Å²) in [6, 6.07) is 8.02. The van der Waals surface area contributed by atoms with Crippen molar-refractivity contribution in [2.75, 3.05) is 11.4 Å². The quantitative estimate of drug-likeness (QED) is 0.904. The van der Waals surface area contributed by atoms with Crippen LogP contribution in [0.25, 0.3) is 0 Å². The first-order chi connectivity index (χ1) is 13.1. The number of pyridine rings is 2. The van der Waals surface area contributed by atoms with Gasteiger partial charge in [0.25, 0.3) is 5.91 Å². The highest BCUT2D eigenvalue weighted by Crippen LogP contribution is 2.45. The van der Waals surface area contributed by atoms with Gasteiger partial charge in [0.2, 0.25) is 5.91 Å². The van der Waals surface area contributed by atoms with Gasteiger partial charge in [0, 0.05) is 18.8 Å². The molecule has 0 radical (unpaired) electrons. The molecule has 1 aliphatic carbocycles. The van der Waals surface area contributed by atoms with Gasteiger partial charge in [-0.2, -0.15) is 0 Å². The van der Waals surface area contributed by atoms with Gasteiger partial charge in [0.1, 0.15) is 17.3 Å². The van der Waals surface area contributed by atoms with Crippen molar-refractivity contribution in [2.24, 2.45) is 5.41 Å². The van der Waals surface area contributed by atoms with Crippen molar-refractivity contribution in [3.8, 4) is 0 Å². The van der Waals surface area contributed by atoms with E-state index in [1.54, 1.807) is 29.3 Å². The number of anilines is 1. The fourth-order valence-corrected chi connectivity index (χ4v) is 4.23. The Morgan fingerprint density at radius 2 is 2.11 bits per heavy atom. The van der Waals surface area contributed by atoms with Crippen LogP contribution >= 0.6 is 0 Å². The molecule has 1 spiro atoms. The Morgan fingerprint density at radius 3 is 2.85 bits per heavy atom. The number of rotatable bonds is 3. The monoisotopic (exact) mass is 368 g/mol. The van der Waals surface area contributed by atoms with Gasteiger partial charge < -0.3 is 5.32 Å². The zero-order valence-electron chi connectivity index (χ0n) is 14.9. The van der Waals surface area contributed by atoms with E-state index in [9.17, 15) is 14.0 Å². The Kier molecular flexibility index (Phi) is 4.59. The highest BCUT2D eigenvalue weighted by atomic mass is 19.1. The highest BCUT2D eigenvalue weighted by molar-refractivity contribution is 5.99. The zero-order valence-corrected chi connectivity index (χ0v) is 14.9. The van der Waals surface area contributed by atoms with Crippen LogP contribution in [0.4, 0.5) is 10.2 Å². The lowest BCUT2D eigenvalue weighted by molar-refractivity contribution is -0.127. The van der Waals surface area contributed by atoms with Crippen molar-refractivity contribution in [1.29, 1.82) is 0 Å². The summed E-state index contributed by atoms with van der Waals surface area (Å²) in [7, 11) is 0. The summed E-state index contributed by atoms with van der Waals surface area (Å²) >= 11 is 0. The molecule has 1 aliphatic heterocycles. The summed E-state index contributed by atoms with van der Waals surface area (Å²) in [6.07, 6.45) is 6.59. The van der Waals surface area contributed by atoms with E-state index < -0.39 is 11.2 Å². The summed E-state index contributed by atoms with van der Waals surface area (Å²) < 4.78 is 13.1. The Bertz CT molecular complexity index is 843. The number of carbonyl (C=O) groups excluding carboxylic acids is 2. The summed E-state index contributed by atoms with van der Waals surface area (Å²) in [4.78, 5) is 35.3. The first kappa shape index (κ1) is 17.6. The third-order valence-corrected chi connectivity index (χ3v) is 5.58. The Balaban J connectivity index is 1.46. The van der Waals surface area contributed by atoms with Gasteiger partial charge >= 0.3 is 0 Å². The van der Waals surface area contributed by atoms with E-state index in [4.69, 9.17) is 0 Å². The Hall–Kier alpha value is -2.83. The standard InChI is InChI=1S/C20H21FN4O2/c21-14-6-7-17(23-13-14)25-11-9-20(19(25)27)8-3-4-15(12-20)24-18(26)16-5-1-2-10-22-16/h1-2,5-7,10,13,15H,3-4,8-9,11-12H2,(H,24,26). The van der Waals surface area contributed by atoms with Crippen LogP contribution < -0.4 is 10.2 Å². The van der Waals surface area contributed by atoms with Crippen LogP contribution in [0.1, 0.15) is 42.6 Å². The molecular weight excluding hydrogens is 347 g/mol. The van der Waals surface area contributed by atoms with Gasteiger partial charge in [-0.3, -0.25) is 19.5 Å². The topological polar surface area (TPSA) is 75.2 Å². The summed E-state index contributed by atoms with van der Waals surface area (Å²) in [5.41, 5.74) is -0.0943. The molecule has 7 heteroatoms. The maximum absolute atomic E-state index is 13.1. The van der Waals surface area contributed by atoms with Crippen molar-refractivity contribution >= 4 is 17.6 Å². The summed E-state index contributed by atoms with van der Waals surface area (Å²) in [5.74, 6) is -0.119. The van der Waals surface area contributed by atoms with Gasteiger partial charge in [-0.15, -0.1) is 0 Å². The molecule has 1 N–H and O–H groups in total. The Morgan fingerprint density at radius 1 is 1.22 bits per heavy atom. The molecule has 0 bridgehead atoms. The third-order valence-electron chi connectivity index (χ3n) is 5.58. The minimum Gasteiger partial charge on any atom is -0.348 e. The van der Waals surface area contributed by atoms with Crippen LogP contribution in [0, 0.1) is 11.2 Å². The molecule has 1 saturated carbocycles. The summed E-state index contributed by atoms with van der Waals surface area (Å²) in [5, 5.41) is 3.03. The van der Waals surface area contributed by atoms with E-state index >= 15 is 0 Å². The van der Waals surface area contributed by atoms with Crippen LogP contribution in [0.15, 0.2) is 42.7 Å². The number of hydrogen-bond donors (Lipinski definition) is 1. The lowest BCUT2D eigenvalue weighted by Gasteiger charge is -2.36. The normalized spacial score (nSPS) is 25.0. The van der Waals surface area contributed by atoms with E-state index in [-0.39, 0.29) is 17.9 Å². The molecule has 2 atom stereocenters. The number of halogens is 1. The maximum atomic E-state index is 13.1. The van der Waals surface area contributed by atoms with Gasteiger partial charge in [0.15, 0.2) is 0 Å². The summed E-state index contributed by atoms with van der Waals surface area (Å²) in [6.45, 7) is 0.568. The number of carbonyl (C=O) groups is 2. The van der Waals surface area contributed by atoms with Gasteiger partial charge in [-0.1, -0.05) is 12.5 Å². The lowest BCUT2D eigenvalue weighted by atomic mass is 9.71. The number of amides is 2. The fourth-order valence-electron chi connectivity index (χ4n) is 4.23. The van der Waals surface area contributed by atoms with E-state index in [0.29, 0.717) is 24.5 Å². The first-order valence-electron chi connectivity index (χ1n) is 9.23. The number of nitrogens with zero attached hydrogens (tertiary/aromatic N) is 3. The van der Waals surface area contributed by atoms with E-state index in [2.05, 4.69) is 15.3 Å². The van der Waals surface area contributed by atoms with Crippen LogP contribution in [-0.2, 0) is 4.79 Å². The molecule has 4 rings (SSSR count). The molecular formula is C20H21FN4O2. The van der Waals surface area contributed by atoms with E-state index in [1.165, 1.54) is 12.1 Å². The molecule has 6 nitrogen and oxygen atoms in total. The van der Waals surface area contributed by atoms with Crippen molar-refractivity contribution < 1.29 is 14.0 Å². The van der Waals surface area contributed by atoms with Gasteiger partial charge in [-0.25, -0.2) is 9.37 Å². The number of nitrogens with one attached hydrogen (secondary N) is 1. The average Bonchev–Trinajstić information content (AvgIpc) is 2.99. The second kappa shape index (κ2) is 7.06. The third kappa shape index (κ3) is 3.41. The van der Waals surface area contributed by atoms with Crippen molar-refractivity contribution in [2.45, 2.75) is 38.1 Å². The van der Waals surface area contributed by atoms with Crippen molar-refractivity contribution in [3.63, 3.8) is 0 Å². The fraction of sp³-hybridized carbons (Fsp3) is 0.400. The smallest absolute Gasteiger partial charge is 0.270 e. The van der Waals surface area contributed by atoms with Crippen molar-refractivity contribution in [3.05, 3.63) is 54.2 Å². The first-order valence-corrected chi connectivity index (χ1v) is 9.23. The lowest BCUT2D eigenvalue weighted by Crippen LogP contribution is -2.46. The van der Waals surface area contributed by atoms with Crippen LogP contribution in [-0.4, -0.2) is 34.4 Å². The molecule has 2 fully saturated rings. The number of aromatic nitrogens is 2. The van der Waals surface area contributed by atoms with Gasteiger partial charge in [0.05, 0.1) is 11.6 Å².